The Morgan fingerprint density at radius 2 is 2.30 bits per heavy atom. The lowest BCUT2D eigenvalue weighted by molar-refractivity contribution is -0.134. The number of carbonyl (C=O) groups excluding carboxylic acids is 1. The van der Waals surface area contributed by atoms with Crippen LogP contribution in [0.25, 0.3) is 11.0 Å². The van der Waals surface area contributed by atoms with Gasteiger partial charge in [0.2, 0.25) is 5.91 Å². The van der Waals surface area contributed by atoms with Crippen LogP contribution in [-0.2, 0) is 16.0 Å². The standard InChI is InChI=1S/C15H18N2O3/c18-15(14-10-16-7-8-19-14)17-6-5-12-9-11-3-1-2-4-13(11)20-12/h1-4,9,14,16H,5-8,10H2,(H,17,18). The van der Waals surface area contributed by atoms with Crippen LogP contribution in [0.5, 0.6) is 0 Å². The number of hydrogen-bond acceptors (Lipinski definition) is 4. The van der Waals surface area contributed by atoms with Crippen molar-refractivity contribution in [1.29, 1.82) is 0 Å². The van der Waals surface area contributed by atoms with Crippen LogP contribution < -0.4 is 10.6 Å². The number of fused-ring (bicyclic) bond motifs is 1. The molecule has 1 aromatic heterocycles. The summed E-state index contributed by atoms with van der Waals surface area (Å²) in [5.41, 5.74) is 0.883. The van der Waals surface area contributed by atoms with Crippen LogP contribution in [0.15, 0.2) is 34.7 Å². The van der Waals surface area contributed by atoms with E-state index in [1.165, 1.54) is 0 Å². The smallest absolute Gasteiger partial charge is 0.250 e. The number of amides is 1. The molecule has 1 aliphatic heterocycles. The van der Waals surface area contributed by atoms with Crippen molar-refractivity contribution in [2.24, 2.45) is 0 Å². The maximum Gasteiger partial charge on any atom is 0.250 e. The van der Waals surface area contributed by atoms with Gasteiger partial charge >= 0.3 is 0 Å². The number of ether oxygens (including phenoxy) is 1. The van der Waals surface area contributed by atoms with E-state index in [-0.39, 0.29) is 12.0 Å². The zero-order valence-corrected chi connectivity index (χ0v) is 11.2. The molecular weight excluding hydrogens is 256 g/mol. The van der Waals surface area contributed by atoms with Crippen molar-refractivity contribution in [3.8, 4) is 0 Å². The molecule has 1 aromatic carbocycles. The first-order valence-electron chi connectivity index (χ1n) is 6.90. The molecule has 5 heteroatoms. The molecule has 1 aliphatic rings. The van der Waals surface area contributed by atoms with Crippen molar-refractivity contribution < 1.29 is 13.9 Å². The summed E-state index contributed by atoms with van der Waals surface area (Å²) in [5, 5.41) is 7.11. The van der Waals surface area contributed by atoms with Crippen molar-refractivity contribution in [2.45, 2.75) is 12.5 Å². The molecule has 0 spiro atoms. The Bertz CT molecular complexity index is 555. The van der Waals surface area contributed by atoms with E-state index < -0.39 is 0 Å². The summed E-state index contributed by atoms with van der Waals surface area (Å²) in [5.74, 6) is 0.822. The largest absolute Gasteiger partial charge is 0.461 e. The van der Waals surface area contributed by atoms with Gasteiger partial charge in [-0.05, 0) is 12.1 Å². The molecule has 1 unspecified atom stereocenters. The second-order valence-corrected chi connectivity index (χ2v) is 4.86. The fraction of sp³-hybridized carbons (Fsp3) is 0.400. The zero-order valence-electron chi connectivity index (χ0n) is 11.2. The van der Waals surface area contributed by atoms with Gasteiger partial charge in [-0.1, -0.05) is 18.2 Å². The fourth-order valence-electron chi connectivity index (χ4n) is 2.32. The van der Waals surface area contributed by atoms with Crippen LogP contribution in [0.4, 0.5) is 0 Å². The summed E-state index contributed by atoms with van der Waals surface area (Å²) in [7, 11) is 0. The number of para-hydroxylation sites is 1. The van der Waals surface area contributed by atoms with E-state index in [1.54, 1.807) is 0 Å². The van der Waals surface area contributed by atoms with Crippen LogP contribution in [-0.4, -0.2) is 38.3 Å². The second-order valence-electron chi connectivity index (χ2n) is 4.86. The van der Waals surface area contributed by atoms with Crippen molar-refractivity contribution in [3.05, 3.63) is 36.1 Å². The van der Waals surface area contributed by atoms with Gasteiger partial charge in [-0.3, -0.25) is 4.79 Å². The average Bonchev–Trinajstić information content (AvgIpc) is 2.90. The topological polar surface area (TPSA) is 63.5 Å². The Morgan fingerprint density at radius 3 is 3.10 bits per heavy atom. The first-order valence-corrected chi connectivity index (χ1v) is 6.90. The molecule has 3 rings (SSSR count). The summed E-state index contributed by atoms with van der Waals surface area (Å²) < 4.78 is 11.1. The molecule has 5 nitrogen and oxygen atoms in total. The highest BCUT2D eigenvalue weighted by molar-refractivity contribution is 5.81. The number of rotatable bonds is 4. The first kappa shape index (κ1) is 13.1. The molecule has 106 valence electrons. The van der Waals surface area contributed by atoms with Crippen LogP contribution in [0.3, 0.4) is 0 Å². The minimum atomic E-state index is -0.376. The van der Waals surface area contributed by atoms with Crippen LogP contribution in [0.1, 0.15) is 5.76 Å². The molecule has 1 amide bonds. The molecule has 0 radical (unpaired) electrons. The maximum atomic E-state index is 11.9. The van der Waals surface area contributed by atoms with Crippen molar-refractivity contribution >= 4 is 16.9 Å². The Hall–Kier alpha value is -1.85. The predicted octanol–water partition coefficient (Wildman–Crippen LogP) is 1.08. The number of furan rings is 1. The van der Waals surface area contributed by atoms with Gasteiger partial charge in [-0.2, -0.15) is 0 Å². The third kappa shape index (κ3) is 3.00. The number of carbonyl (C=O) groups is 1. The third-order valence-corrected chi connectivity index (χ3v) is 3.37. The molecule has 1 saturated heterocycles. The lowest BCUT2D eigenvalue weighted by Gasteiger charge is -2.22. The van der Waals surface area contributed by atoms with Gasteiger partial charge < -0.3 is 19.8 Å². The van der Waals surface area contributed by atoms with E-state index >= 15 is 0 Å². The number of hydrogen-bond donors (Lipinski definition) is 2. The van der Waals surface area contributed by atoms with E-state index in [0.29, 0.717) is 26.1 Å². The van der Waals surface area contributed by atoms with Gasteiger partial charge in [-0.25, -0.2) is 0 Å². The van der Waals surface area contributed by atoms with Gasteiger partial charge in [-0.15, -0.1) is 0 Å². The number of benzene rings is 1. The highest BCUT2D eigenvalue weighted by atomic mass is 16.5. The number of morpholine rings is 1. The summed E-state index contributed by atoms with van der Waals surface area (Å²) in [6.45, 7) is 2.53. The summed E-state index contributed by atoms with van der Waals surface area (Å²) >= 11 is 0. The molecule has 20 heavy (non-hydrogen) atoms. The van der Waals surface area contributed by atoms with Gasteiger partial charge in [0.05, 0.1) is 6.61 Å². The third-order valence-electron chi connectivity index (χ3n) is 3.37. The molecule has 2 aromatic rings. The quantitative estimate of drug-likeness (QED) is 0.875. The van der Waals surface area contributed by atoms with E-state index in [1.807, 2.05) is 30.3 Å². The Kier molecular flexibility index (Phi) is 3.99. The highest BCUT2D eigenvalue weighted by Crippen LogP contribution is 2.18. The van der Waals surface area contributed by atoms with Gasteiger partial charge in [0, 0.05) is 31.4 Å². The van der Waals surface area contributed by atoms with E-state index in [0.717, 1.165) is 23.3 Å². The Labute approximate surface area is 117 Å². The first-order chi connectivity index (χ1) is 9.83. The molecule has 0 saturated carbocycles. The lowest BCUT2D eigenvalue weighted by atomic mass is 10.2. The van der Waals surface area contributed by atoms with Crippen LogP contribution >= 0.6 is 0 Å². The van der Waals surface area contributed by atoms with Crippen molar-refractivity contribution in [2.75, 3.05) is 26.2 Å². The predicted molar refractivity (Wildman–Crippen MR) is 75.5 cm³/mol. The monoisotopic (exact) mass is 274 g/mol. The second kappa shape index (κ2) is 6.07. The summed E-state index contributed by atoms with van der Waals surface area (Å²) in [6, 6.07) is 9.91. The minimum absolute atomic E-state index is 0.0617. The van der Waals surface area contributed by atoms with Gasteiger partial charge in [0.1, 0.15) is 17.4 Å². The highest BCUT2D eigenvalue weighted by Gasteiger charge is 2.21. The maximum absolute atomic E-state index is 11.9. The van der Waals surface area contributed by atoms with Gasteiger partial charge in [0.15, 0.2) is 0 Å². The van der Waals surface area contributed by atoms with Crippen molar-refractivity contribution in [1.82, 2.24) is 10.6 Å². The molecule has 1 atom stereocenters. The van der Waals surface area contributed by atoms with E-state index in [2.05, 4.69) is 10.6 Å². The Morgan fingerprint density at radius 1 is 1.40 bits per heavy atom. The minimum Gasteiger partial charge on any atom is -0.461 e. The normalized spacial score (nSPS) is 19.1. The fourth-order valence-corrected chi connectivity index (χ4v) is 2.32. The van der Waals surface area contributed by atoms with Crippen LogP contribution in [0, 0.1) is 0 Å². The summed E-state index contributed by atoms with van der Waals surface area (Å²) in [6.07, 6.45) is 0.306. The molecule has 1 fully saturated rings. The SMILES string of the molecule is O=C(NCCc1cc2ccccc2o1)C1CNCCO1. The van der Waals surface area contributed by atoms with E-state index in [9.17, 15) is 4.79 Å². The van der Waals surface area contributed by atoms with E-state index in [4.69, 9.17) is 9.15 Å². The zero-order chi connectivity index (χ0) is 13.8. The van der Waals surface area contributed by atoms with Gasteiger partial charge in [0.25, 0.3) is 0 Å². The average molecular weight is 274 g/mol. The lowest BCUT2D eigenvalue weighted by Crippen LogP contribution is -2.48. The molecule has 0 bridgehead atoms. The molecular formula is C15H18N2O3. The summed E-state index contributed by atoms with van der Waals surface area (Å²) in [4.78, 5) is 11.9. The Balaban J connectivity index is 1.50. The number of nitrogens with one attached hydrogen (secondary N) is 2. The molecule has 2 N–H and O–H groups in total. The van der Waals surface area contributed by atoms with Crippen LogP contribution in [0.2, 0.25) is 0 Å². The molecule has 2 heterocycles. The molecule has 0 aliphatic carbocycles. The van der Waals surface area contributed by atoms with Crippen molar-refractivity contribution in [3.63, 3.8) is 0 Å².